The van der Waals surface area contributed by atoms with Gasteiger partial charge in [0.15, 0.2) is 0 Å². The number of ether oxygens (including phenoxy) is 2. The molecule has 0 aliphatic heterocycles. The Morgan fingerprint density at radius 3 is 2.10 bits per heavy atom. The van der Waals surface area contributed by atoms with Crippen LogP contribution in [0.4, 0.5) is 0 Å². The van der Waals surface area contributed by atoms with E-state index in [1.807, 2.05) is 12.1 Å². The van der Waals surface area contributed by atoms with Gasteiger partial charge in [-0.15, -0.1) is 11.6 Å². The summed E-state index contributed by atoms with van der Waals surface area (Å²) in [5.74, 6) is 1.36. The molecule has 20 heavy (non-hydrogen) atoms. The van der Waals surface area contributed by atoms with E-state index in [4.69, 9.17) is 44.3 Å². The van der Waals surface area contributed by atoms with Gasteiger partial charge < -0.3 is 9.47 Å². The Balaban J connectivity index is 2.44. The van der Waals surface area contributed by atoms with Crippen molar-refractivity contribution in [2.45, 2.75) is 5.38 Å². The number of alkyl halides is 1. The zero-order valence-electron chi connectivity index (χ0n) is 11.0. The van der Waals surface area contributed by atoms with Crippen molar-refractivity contribution in [1.82, 2.24) is 0 Å². The summed E-state index contributed by atoms with van der Waals surface area (Å²) in [6.45, 7) is 0. The quantitative estimate of drug-likeness (QED) is 0.704. The molecular weight excluding hydrogens is 319 g/mol. The molecule has 0 N–H and O–H groups in total. The van der Waals surface area contributed by atoms with E-state index in [1.54, 1.807) is 38.5 Å². The van der Waals surface area contributed by atoms with Crippen molar-refractivity contribution in [3.63, 3.8) is 0 Å². The molecule has 1 atom stereocenters. The first-order valence-electron chi connectivity index (χ1n) is 5.87. The first kappa shape index (κ1) is 15.3. The molecule has 0 spiro atoms. The maximum Gasteiger partial charge on any atom is 0.127 e. The van der Waals surface area contributed by atoms with Gasteiger partial charge in [-0.2, -0.15) is 0 Å². The Morgan fingerprint density at radius 2 is 1.55 bits per heavy atom. The molecule has 0 aliphatic rings. The highest BCUT2D eigenvalue weighted by Gasteiger charge is 2.17. The standard InChI is InChI=1S/C15H13Cl3O2/c1-19-12-3-4-13(14(8-12)20-2)15(18)9-5-10(16)7-11(17)6-9/h3-8,15H,1-2H3. The van der Waals surface area contributed by atoms with E-state index in [2.05, 4.69) is 0 Å². The zero-order chi connectivity index (χ0) is 14.7. The van der Waals surface area contributed by atoms with E-state index >= 15 is 0 Å². The smallest absolute Gasteiger partial charge is 0.127 e. The lowest BCUT2D eigenvalue weighted by Gasteiger charge is -2.16. The molecule has 2 rings (SSSR count). The second-order valence-electron chi connectivity index (χ2n) is 4.17. The Kier molecular flexibility index (Phi) is 5.03. The number of methoxy groups -OCH3 is 2. The molecule has 0 radical (unpaired) electrons. The summed E-state index contributed by atoms with van der Waals surface area (Å²) in [6, 6.07) is 10.7. The van der Waals surface area contributed by atoms with Gasteiger partial charge in [0, 0.05) is 21.7 Å². The van der Waals surface area contributed by atoms with Gasteiger partial charge in [0.2, 0.25) is 0 Å². The van der Waals surface area contributed by atoms with Crippen molar-refractivity contribution in [1.29, 1.82) is 0 Å². The highest BCUT2D eigenvalue weighted by molar-refractivity contribution is 6.35. The van der Waals surface area contributed by atoms with Crippen molar-refractivity contribution in [2.75, 3.05) is 14.2 Å². The van der Waals surface area contributed by atoms with E-state index in [9.17, 15) is 0 Å². The predicted octanol–water partition coefficient (Wildman–Crippen LogP) is 5.34. The fraction of sp³-hybridized carbons (Fsp3) is 0.200. The highest BCUT2D eigenvalue weighted by Crippen LogP contribution is 2.38. The molecule has 1 unspecified atom stereocenters. The number of rotatable bonds is 4. The van der Waals surface area contributed by atoms with Crippen LogP contribution in [-0.2, 0) is 0 Å². The van der Waals surface area contributed by atoms with Gasteiger partial charge in [-0.25, -0.2) is 0 Å². The minimum atomic E-state index is -0.410. The lowest BCUT2D eigenvalue weighted by atomic mass is 10.0. The predicted molar refractivity (Wildman–Crippen MR) is 83.7 cm³/mol. The van der Waals surface area contributed by atoms with Crippen LogP contribution in [-0.4, -0.2) is 14.2 Å². The number of hydrogen-bond acceptors (Lipinski definition) is 2. The van der Waals surface area contributed by atoms with Crippen LogP contribution in [0.5, 0.6) is 11.5 Å². The van der Waals surface area contributed by atoms with Gasteiger partial charge >= 0.3 is 0 Å². The summed E-state index contributed by atoms with van der Waals surface area (Å²) in [5.41, 5.74) is 1.64. The normalized spacial score (nSPS) is 12.1. The molecular formula is C15H13Cl3O2. The molecule has 0 bridgehead atoms. The summed E-state index contributed by atoms with van der Waals surface area (Å²) in [7, 11) is 3.19. The monoisotopic (exact) mass is 330 g/mol. The van der Waals surface area contributed by atoms with Crippen LogP contribution in [0.25, 0.3) is 0 Å². The Labute approximate surface area is 133 Å². The van der Waals surface area contributed by atoms with Crippen molar-refractivity contribution in [3.8, 4) is 11.5 Å². The largest absolute Gasteiger partial charge is 0.497 e. The van der Waals surface area contributed by atoms with Gasteiger partial charge in [-0.3, -0.25) is 0 Å². The molecule has 2 nitrogen and oxygen atoms in total. The summed E-state index contributed by atoms with van der Waals surface area (Å²) < 4.78 is 10.5. The molecule has 0 heterocycles. The SMILES string of the molecule is COc1ccc(C(Cl)c2cc(Cl)cc(Cl)c2)c(OC)c1. The van der Waals surface area contributed by atoms with Crippen molar-refractivity contribution in [2.24, 2.45) is 0 Å². The number of hydrogen-bond donors (Lipinski definition) is 0. The lowest BCUT2D eigenvalue weighted by Crippen LogP contribution is -1.98. The fourth-order valence-electron chi connectivity index (χ4n) is 1.93. The van der Waals surface area contributed by atoms with Crippen LogP contribution < -0.4 is 9.47 Å². The lowest BCUT2D eigenvalue weighted by molar-refractivity contribution is 0.391. The first-order valence-corrected chi connectivity index (χ1v) is 7.06. The molecule has 0 fully saturated rings. The van der Waals surface area contributed by atoms with Gasteiger partial charge in [0.25, 0.3) is 0 Å². The second kappa shape index (κ2) is 6.57. The van der Waals surface area contributed by atoms with E-state index in [-0.39, 0.29) is 0 Å². The van der Waals surface area contributed by atoms with Gasteiger partial charge in [0.05, 0.1) is 19.6 Å². The minimum absolute atomic E-state index is 0.410. The third-order valence-corrected chi connectivity index (χ3v) is 3.81. The van der Waals surface area contributed by atoms with Crippen LogP contribution >= 0.6 is 34.8 Å². The molecule has 0 amide bonds. The van der Waals surface area contributed by atoms with E-state index in [0.717, 1.165) is 11.1 Å². The number of halogens is 3. The number of benzene rings is 2. The second-order valence-corrected chi connectivity index (χ2v) is 5.48. The van der Waals surface area contributed by atoms with Crippen molar-refractivity contribution >= 4 is 34.8 Å². The fourth-order valence-corrected chi connectivity index (χ4v) is 2.78. The molecule has 106 valence electrons. The van der Waals surface area contributed by atoms with E-state index in [0.29, 0.717) is 21.5 Å². The van der Waals surface area contributed by atoms with Gasteiger partial charge in [0.1, 0.15) is 11.5 Å². The summed E-state index contributed by atoms with van der Waals surface area (Å²) in [4.78, 5) is 0. The average Bonchev–Trinajstić information content (AvgIpc) is 2.44. The molecule has 0 saturated carbocycles. The topological polar surface area (TPSA) is 18.5 Å². The molecule has 0 aliphatic carbocycles. The van der Waals surface area contributed by atoms with Crippen LogP contribution in [0, 0.1) is 0 Å². The Morgan fingerprint density at radius 1 is 0.900 bits per heavy atom. The van der Waals surface area contributed by atoms with Crippen LogP contribution in [0.2, 0.25) is 10.0 Å². The molecule has 0 saturated heterocycles. The third kappa shape index (κ3) is 3.32. The van der Waals surface area contributed by atoms with Gasteiger partial charge in [-0.05, 0) is 35.9 Å². The van der Waals surface area contributed by atoms with Crippen LogP contribution in [0.1, 0.15) is 16.5 Å². The molecule has 2 aromatic rings. The van der Waals surface area contributed by atoms with E-state index in [1.165, 1.54) is 0 Å². The van der Waals surface area contributed by atoms with Crippen molar-refractivity contribution in [3.05, 3.63) is 57.6 Å². The summed E-state index contributed by atoms with van der Waals surface area (Å²) in [5, 5.41) is 0.684. The summed E-state index contributed by atoms with van der Waals surface area (Å²) >= 11 is 18.5. The highest BCUT2D eigenvalue weighted by atomic mass is 35.5. The Bertz CT molecular complexity index is 594. The Hall–Kier alpha value is -1.09. The maximum absolute atomic E-state index is 6.52. The van der Waals surface area contributed by atoms with Crippen LogP contribution in [0.3, 0.4) is 0 Å². The van der Waals surface area contributed by atoms with Gasteiger partial charge in [-0.1, -0.05) is 23.2 Å². The first-order chi connectivity index (χ1) is 9.55. The zero-order valence-corrected chi connectivity index (χ0v) is 13.3. The average molecular weight is 332 g/mol. The molecule has 5 heteroatoms. The molecule has 2 aromatic carbocycles. The third-order valence-electron chi connectivity index (χ3n) is 2.89. The minimum Gasteiger partial charge on any atom is -0.497 e. The van der Waals surface area contributed by atoms with E-state index < -0.39 is 5.38 Å². The van der Waals surface area contributed by atoms with Crippen molar-refractivity contribution < 1.29 is 9.47 Å². The van der Waals surface area contributed by atoms with Crippen LogP contribution in [0.15, 0.2) is 36.4 Å². The summed E-state index contributed by atoms with van der Waals surface area (Å²) in [6.07, 6.45) is 0. The molecule has 0 aromatic heterocycles. The maximum atomic E-state index is 6.52.